The highest BCUT2D eigenvalue weighted by Gasteiger charge is 2.11. The van der Waals surface area contributed by atoms with Gasteiger partial charge in [0.1, 0.15) is 6.26 Å². The number of halogens is 1. The molecule has 0 bridgehead atoms. The van der Waals surface area contributed by atoms with Crippen LogP contribution in [-0.2, 0) is 22.3 Å². The van der Waals surface area contributed by atoms with Crippen LogP contribution in [0.25, 0.3) is 10.8 Å². The maximum absolute atomic E-state index is 12.2. The standard InChI is InChI=1S/C15H12ClNO2S2/c16-13-5-2-1-4-11(13)9-21(18)10-12-8-19-15(17-12)14-6-3-7-20-14/h1-8H,9-10H2/t21-/m1/s1. The second kappa shape index (κ2) is 6.56. The number of nitrogens with zero attached hydrogens (tertiary/aromatic N) is 1. The number of thiophene rings is 1. The third-order valence-electron chi connectivity index (χ3n) is 2.87. The molecule has 0 spiro atoms. The molecule has 2 aromatic heterocycles. The van der Waals surface area contributed by atoms with Crippen LogP contribution in [0.15, 0.2) is 52.5 Å². The first-order valence-corrected chi connectivity index (χ1v) is 9.03. The molecule has 0 aliphatic carbocycles. The maximum atomic E-state index is 12.2. The monoisotopic (exact) mass is 337 g/mol. The molecular weight excluding hydrogens is 326 g/mol. The molecule has 1 aromatic carbocycles. The van der Waals surface area contributed by atoms with Crippen molar-refractivity contribution in [3.63, 3.8) is 0 Å². The van der Waals surface area contributed by atoms with Crippen LogP contribution < -0.4 is 0 Å². The van der Waals surface area contributed by atoms with Gasteiger partial charge in [-0.3, -0.25) is 4.21 Å². The summed E-state index contributed by atoms with van der Waals surface area (Å²) in [7, 11) is -1.07. The van der Waals surface area contributed by atoms with Gasteiger partial charge in [0.25, 0.3) is 0 Å². The fourth-order valence-corrected chi connectivity index (χ4v) is 3.99. The zero-order valence-corrected chi connectivity index (χ0v) is 13.4. The molecule has 0 saturated heterocycles. The van der Waals surface area contributed by atoms with Gasteiger partial charge in [-0.1, -0.05) is 35.9 Å². The van der Waals surface area contributed by atoms with Crippen molar-refractivity contribution >= 4 is 33.7 Å². The van der Waals surface area contributed by atoms with Crippen molar-refractivity contribution in [3.8, 4) is 10.8 Å². The van der Waals surface area contributed by atoms with Crippen LogP contribution in [-0.4, -0.2) is 9.19 Å². The van der Waals surface area contributed by atoms with Gasteiger partial charge < -0.3 is 4.42 Å². The lowest BCUT2D eigenvalue weighted by Gasteiger charge is -2.02. The molecule has 3 nitrogen and oxygen atoms in total. The lowest BCUT2D eigenvalue weighted by Crippen LogP contribution is -2.00. The largest absolute Gasteiger partial charge is 0.444 e. The summed E-state index contributed by atoms with van der Waals surface area (Å²) in [5, 5.41) is 2.61. The second-order valence-corrected chi connectivity index (χ2v) is 7.25. The third kappa shape index (κ3) is 3.61. The van der Waals surface area contributed by atoms with Crippen LogP contribution >= 0.6 is 22.9 Å². The van der Waals surface area contributed by atoms with Crippen LogP contribution in [0.1, 0.15) is 11.3 Å². The minimum atomic E-state index is -1.07. The molecule has 0 unspecified atom stereocenters. The van der Waals surface area contributed by atoms with E-state index in [0.29, 0.717) is 28.1 Å². The number of benzene rings is 1. The summed E-state index contributed by atoms with van der Waals surface area (Å²) in [4.78, 5) is 5.34. The van der Waals surface area contributed by atoms with Crippen LogP contribution in [0.5, 0.6) is 0 Å². The Bertz CT molecular complexity index is 753. The average molecular weight is 338 g/mol. The van der Waals surface area contributed by atoms with Crippen molar-refractivity contribution in [3.05, 3.63) is 64.3 Å². The van der Waals surface area contributed by atoms with Crippen molar-refractivity contribution in [2.45, 2.75) is 11.5 Å². The smallest absolute Gasteiger partial charge is 0.236 e. The molecule has 3 rings (SSSR count). The van der Waals surface area contributed by atoms with E-state index in [4.69, 9.17) is 16.0 Å². The molecular formula is C15H12ClNO2S2. The van der Waals surface area contributed by atoms with E-state index < -0.39 is 10.8 Å². The van der Waals surface area contributed by atoms with Crippen LogP contribution in [0.2, 0.25) is 5.02 Å². The summed E-state index contributed by atoms with van der Waals surface area (Å²) >= 11 is 7.64. The van der Waals surface area contributed by atoms with Crippen molar-refractivity contribution in [1.82, 2.24) is 4.98 Å². The van der Waals surface area contributed by atoms with E-state index in [1.807, 2.05) is 35.7 Å². The summed E-state index contributed by atoms with van der Waals surface area (Å²) in [6.07, 6.45) is 1.57. The van der Waals surface area contributed by atoms with E-state index in [2.05, 4.69) is 4.98 Å². The maximum Gasteiger partial charge on any atom is 0.236 e. The zero-order chi connectivity index (χ0) is 14.7. The Balaban J connectivity index is 1.67. The zero-order valence-electron chi connectivity index (χ0n) is 11.0. The van der Waals surface area contributed by atoms with Crippen LogP contribution in [0, 0.1) is 0 Å². The summed E-state index contributed by atoms with van der Waals surface area (Å²) < 4.78 is 17.6. The van der Waals surface area contributed by atoms with E-state index in [-0.39, 0.29) is 0 Å². The fourth-order valence-electron chi connectivity index (χ4n) is 1.89. The van der Waals surface area contributed by atoms with Gasteiger partial charge in [-0.2, -0.15) is 0 Å². The Morgan fingerprint density at radius 3 is 2.81 bits per heavy atom. The highest BCUT2D eigenvalue weighted by molar-refractivity contribution is 7.83. The summed E-state index contributed by atoms with van der Waals surface area (Å²) in [5.74, 6) is 1.36. The molecule has 0 N–H and O–H groups in total. The Morgan fingerprint density at radius 2 is 2.05 bits per heavy atom. The van der Waals surface area contributed by atoms with Gasteiger partial charge in [-0.05, 0) is 23.1 Å². The molecule has 0 aliphatic rings. The average Bonchev–Trinajstić information content (AvgIpc) is 3.12. The summed E-state index contributed by atoms with van der Waals surface area (Å²) in [5.41, 5.74) is 1.59. The number of aromatic nitrogens is 1. The first-order chi connectivity index (χ1) is 10.2. The van der Waals surface area contributed by atoms with E-state index in [1.54, 1.807) is 23.7 Å². The van der Waals surface area contributed by atoms with Gasteiger partial charge in [0, 0.05) is 15.8 Å². The number of oxazole rings is 1. The Kier molecular flexibility index (Phi) is 4.53. The lowest BCUT2D eigenvalue weighted by molar-refractivity contribution is 0.574. The topological polar surface area (TPSA) is 43.1 Å². The first-order valence-electron chi connectivity index (χ1n) is 6.29. The van der Waals surface area contributed by atoms with Crippen molar-refractivity contribution in [1.29, 1.82) is 0 Å². The normalized spacial score (nSPS) is 12.4. The molecule has 3 aromatic rings. The predicted octanol–water partition coefficient (Wildman–Crippen LogP) is 4.51. The van der Waals surface area contributed by atoms with Crippen LogP contribution in [0.4, 0.5) is 0 Å². The Morgan fingerprint density at radius 1 is 1.19 bits per heavy atom. The molecule has 0 aliphatic heterocycles. The molecule has 0 fully saturated rings. The van der Waals surface area contributed by atoms with Crippen molar-refractivity contribution < 1.29 is 8.63 Å². The van der Waals surface area contributed by atoms with Crippen molar-refractivity contribution in [2.24, 2.45) is 0 Å². The second-order valence-electron chi connectivity index (χ2n) is 4.44. The van der Waals surface area contributed by atoms with Crippen molar-refractivity contribution in [2.75, 3.05) is 0 Å². The molecule has 108 valence electrons. The van der Waals surface area contributed by atoms with Gasteiger partial charge in [-0.15, -0.1) is 11.3 Å². The van der Waals surface area contributed by atoms with E-state index >= 15 is 0 Å². The molecule has 0 amide bonds. The van der Waals surface area contributed by atoms with Gasteiger partial charge >= 0.3 is 0 Å². The molecule has 0 radical (unpaired) electrons. The van der Waals surface area contributed by atoms with E-state index in [0.717, 1.165) is 10.4 Å². The fraction of sp³-hybridized carbons (Fsp3) is 0.133. The van der Waals surface area contributed by atoms with E-state index in [1.165, 1.54) is 0 Å². The highest BCUT2D eigenvalue weighted by Crippen LogP contribution is 2.24. The highest BCUT2D eigenvalue weighted by atomic mass is 35.5. The minimum absolute atomic E-state index is 0.361. The van der Waals surface area contributed by atoms with Gasteiger partial charge in [0.15, 0.2) is 0 Å². The van der Waals surface area contributed by atoms with Crippen LogP contribution in [0.3, 0.4) is 0 Å². The van der Waals surface area contributed by atoms with E-state index in [9.17, 15) is 4.21 Å². The minimum Gasteiger partial charge on any atom is -0.444 e. The Labute approximate surface area is 134 Å². The molecule has 6 heteroatoms. The number of hydrogen-bond acceptors (Lipinski definition) is 4. The molecule has 0 saturated carbocycles. The summed E-state index contributed by atoms with van der Waals surface area (Å²) in [6, 6.07) is 11.3. The SMILES string of the molecule is O=[S@@](Cc1coc(-c2cccs2)n1)Cc1ccccc1Cl. The molecule has 1 atom stereocenters. The third-order valence-corrected chi connectivity index (χ3v) is 5.34. The van der Waals surface area contributed by atoms with Gasteiger partial charge in [0.2, 0.25) is 5.89 Å². The predicted molar refractivity (Wildman–Crippen MR) is 86.8 cm³/mol. The number of hydrogen-bond donors (Lipinski definition) is 0. The molecule has 21 heavy (non-hydrogen) atoms. The van der Waals surface area contributed by atoms with Gasteiger partial charge in [0.05, 0.1) is 22.1 Å². The quantitative estimate of drug-likeness (QED) is 0.688. The number of rotatable bonds is 5. The Hall–Kier alpha value is -1.43. The van der Waals surface area contributed by atoms with Gasteiger partial charge in [-0.25, -0.2) is 4.98 Å². The lowest BCUT2D eigenvalue weighted by atomic mass is 10.2. The molecule has 2 heterocycles. The first kappa shape index (κ1) is 14.5. The summed E-state index contributed by atoms with van der Waals surface area (Å²) in [6.45, 7) is 0.